The molecule has 5 aromatic heterocycles. The third kappa shape index (κ3) is 13.4. The van der Waals surface area contributed by atoms with Gasteiger partial charge in [0.05, 0.1) is 5.69 Å². The summed E-state index contributed by atoms with van der Waals surface area (Å²) in [6, 6.07) is 38.0. The Kier molecular flexibility index (Phi) is 17.2. The SMILES string of the molecule is CC(=O)c1ccc(-c2ccc(C)cc2)cn1.Cc1ccc(-c2ccc(C(C)(O)c3ccncc3)nc2)cc1.Ic1ccncc1.[Li+].[c-]1ccncc1. The van der Waals surface area contributed by atoms with Crippen LogP contribution in [0.25, 0.3) is 22.3 Å². The van der Waals surface area contributed by atoms with Crippen molar-refractivity contribution < 1.29 is 28.8 Å². The van der Waals surface area contributed by atoms with E-state index in [1.165, 1.54) is 21.6 Å². The Hall–Kier alpha value is -4.85. The molecule has 5 heterocycles. The van der Waals surface area contributed by atoms with Crippen LogP contribution in [-0.4, -0.2) is 35.8 Å². The molecule has 0 radical (unpaired) electrons. The number of ketones is 1. The van der Waals surface area contributed by atoms with Gasteiger partial charge in [-0.3, -0.25) is 24.7 Å². The minimum atomic E-state index is -1.13. The molecular weight excluding hydrogens is 752 g/mol. The monoisotopic (exact) mass is 791 g/mol. The summed E-state index contributed by atoms with van der Waals surface area (Å²) in [7, 11) is 0. The van der Waals surface area contributed by atoms with Crippen molar-refractivity contribution in [3.05, 3.63) is 196 Å². The maximum absolute atomic E-state index is 11.1. The van der Waals surface area contributed by atoms with Crippen molar-refractivity contribution in [1.82, 2.24) is 24.9 Å². The molecule has 1 unspecified atom stereocenters. The fourth-order valence-electron chi connectivity index (χ4n) is 4.55. The molecular formula is C43H39ILiN5O2. The number of carbonyl (C=O) groups excluding carboxylic acids is 1. The molecule has 0 aliphatic rings. The molecule has 9 heteroatoms. The Labute approximate surface area is 332 Å². The van der Waals surface area contributed by atoms with Crippen LogP contribution in [0.5, 0.6) is 0 Å². The number of benzene rings is 2. The van der Waals surface area contributed by atoms with Crippen molar-refractivity contribution in [1.29, 1.82) is 0 Å². The minimum Gasteiger partial charge on any atom is -0.391 e. The van der Waals surface area contributed by atoms with E-state index in [4.69, 9.17) is 0 Å². The van der Waals surface area contributed by atoms with Gasteiger partial charge in [-0.15, -0.1) is 0 Å². The van der Waals surface area contributed by atoms with Gasteiger partial charge in [-0.25, -0.2) is 0 Å². The number of rotatable bonds is 5. The van der Waals surface area contributed by atoms with Crippen molar-refractivity contribution in [3.63, 3.8) is 0 Å². The average Bonchev–Trinajstić information content (AvgIpc) is 3.18. The molecule has 0 saturated heterocycles. The summed E-state index contributed by atoms with van der Waals surface area (Å²) in [6.45, 7) is 7.39. The van der Waals surface area contributed by atoms with Gasteiger partial charge < -0.3 is 10.1 Å². The van der Waals surface area contributed by atoms with E-state index in [9.17, 15) is 9.90 Å². The first-order chi connectivity index (χ1) is 24.6. The maximum Gasteiger partial charge on any atom is 1.00 e. The standard InChI is InChI=1S/C19H18N2O.C14H13NO.C5H4IN.C5H4N.Li/c1-14-3-5-15(6-4-14)16-7-8-18(21-13-16)19(2,22)17-9-11-20-12-10-17;1-10-3-5-12(6-4-10)13-7-8-14(11(2)16)15-9-13;6-5-1-3-7-4-2-5;1-2-4-6-5-3-1;/h3-13,22H,1-2H3;3-9H,1-2H3;1-4H;2-5H;/q;;;-1;+1. The molecule has 7 rings (SSSR count). The molecule has 2 aromatic carbocycles. The zero-order chi connectivity index (χ0) is 36.5. The Morgan fingerprint density at radius 2 is 1.06 bits per heavy atom. The third-order valence-electron chi connectivity index (χ3n) is 7.55. The molecule has 7 aromatic rings. The fraction of sp³-hybridized carbons (Fsp3) is 0.116. The molecule has 1 atom stereocenters. The number of hydrogen-bond donors (Lipinski definition) is 1. The van der Waals surface area contributed by atoms with Gasteiger partial charge in [-0.2, -0.15) is 18.2 Å². The summed E-state index contributed by atoms with van der Waals surface area (Å²) in [4.78, 5) is 31.2. The zero-order valence-electron chi connectivity index (χ0n) is 30.0. The van der Waals surface area contributed by atoms with Gasteiger partial charge in [-0.05, 0) is 96.5 Å². The van der Waals surface area contributed by atoms with E-state index in [1.54, 1.807) is 86.8 Å². The molecule has 52 heavy (non-hydrogen) atoms. The summed E-state index contributed by atoms with van der Waals surface area (Å²) in [6.07, 6.45) is 13.8. The van der Waals surface area contributed by atoms with Crippen LogP contribution in [-0.2, 0) is 5.60 Å². The van der Waals surface area contributed by atoms with Crippen LogP contribution < -0.4 is 18.9 Å². The van der Waals surface area contributed by atoms with Crippen LogP contribution >= 0.6 is 22.6 Å². The van der Waals surface area contributed by atoms with Crippen LogP contribution in [0.1, 0.15) is 46.7 Å². The van der Waals surface area contributed by atoms with Gasteiger partial charge >= 0.3 is 18.9 Å². The Balaban J connectivity index is 0.000000210. The van der Waals surface area contributed by atoms with E-state index >= 15 is 0 Å². The number of aliphatic hydroxyl groups is 1. The van der Waals surface area contributed by atoms with E-state index in [1.807, 2.05) is 30.3 Å². The van der Waals surface area contributed by atoms with Crippen molar-refractivity contribution in [3.8, 4) is 22.3 Å². The average molecular weight is 792 g/mol. The van der Waals surface area contributed by atoms with Crippen molar-refractivity contribution in [2.24, 2.45) is 0 Å². The van der Waals surface area contributed by atoms with E-state index in [0.717, 1.165) is 27.8 Å². The van der Waals surface area contributed by atoms with Gasteiger partial charge in [-0.1, -0.05) is 84.2 Å². The third-order valence-corrected chi connectivity index (χ3v) is 8.27. The number of Topliss-reactive ketones (excluding diaryl/α,β-unsaturated/α-hetero) is 1. The zero-order valence-corrected chi connectivity index (χ0v) is 32.1. The molecule has 0 amide bonds. The van der Waals surface area contributed by atoms with E-state index < -0.39 is 5.60 Å². The van der Waals surface area contributed by atoms with Crippen molar-refractivity contribution in [2.75, 3.05) is 0 Å². The van der Waals surface area contributed by atoms with E-state index in [2.05, 4.69) is 116 Å². The second-order valence-corrected chi connectivity index (χ2v) is 12.8. The molecule has 0 aliphatic carbocycles. The number of aromatic nitrogens is 5. The first-order valence-electron chi connectivity index (χ1n) is 16.2. The summed E-state index contributed by atoms with van der Waals surface area (Å²) in [5, 5.41) is 10.8. The second-order valence-electron chi connectivity index (χ2n) is 11.6. The summed E-state index contributed by atoms with van der Waals surface area (Å²) < 4.78 is 1.23. The number of halogens is 1. The van der Waals surface area contributed by atoms with Gasteiger partial charge in [0.2, 0.25) is 0 Å². The van der Waals surface area contributed by atoms with Crippen LogP contribution in [0.3, 0.4) is 0 Å². The first-order valence-corrected chi connectivity index (χ1v) is 17.2. The quantitative estimate of drug-likeness (QED) is 0.0916. The van der Waals surface area contributed by atoms with Crippen molar-refractivity contribution >= 4 is 28.4 Å². The fourth-order valence-corrected chi connectivity index (χ4v) is 4.87. The first kappa shape index (κ1) is 41.6. The Morgan fingerprint density at radius 1 is 0.615 bits per heavy atom. The number of aryl methyl sites for hydroxylation is 2. The molecule has 256 valence electrons. The van der Waals surface area contributed by atoms with Crippen LogP contribution in [0.2, 0.25) is 0 Å². The normalized spacial score (nSPS) is 11.0. The molecule has 0 aliphatic heterocycles. The molecule has 7 nitrogen and oxygen atoms in total. The summed E-state index contributed by atoms with van der Waals surface area (Å²) >= 11 is 2.24. The van der Waals surface area contributed by atoms with Crippen molar-refractivity contribution in [2.45, 2.75) is 33.3 Å². The van der Waals surface area contributed by atoms with E-state index in [-0.39, 0.29) is 24.6 Å². The smallest absolute Gasteiger partial charge is 0.391 e. The summed E-state index contributed by atoms with van der Waals surface area (Å²) in [5.41, 5.74) is 7.55. The summed E-state index contributed by atoms with van der Waals surface area (Å²) in [5.74, 6) is -0.00421. The largest absolute Gasteiger partial charge is 1.00 e. The molecule has 0 saturated carbocycles. The van der Waals surface area contributed by atoms with Crippen LogP contribution in [0, 0.1) is 23.5 Å². The predicted molar refractivity (Wildman–Crippen MR) is 212 cm³/mol. The van der Waals surface area contributed by atoms with Gasteiger partial charge in [0.1, 0.15) is 11.3 Å². The Morgan fingerprint density at radius 3 is 1.40 bits per heavy atom. The maximum atomic E-state index is 11.1. The Bertz CT molecular complexity index is 2010. The van der Waals surface area contributed by atoms with Crippen LogP contribution in [0.4, 0.5) is 0 Å². The van der Waals surface area contributed by atoms with Gasteiger partial charge in [0, 0.05) is 58.8 Å². The molecule has 0 bridgehead atoms. The number of carbonyl (C=O) groups is 1. The molecule has 0 fully saturated rings. The molecule has 0 spiro atoms. The van der Waals surface area contributed by atoms with Gasteiger partial charge in [0.25, 0.3) is 0 Å². The van der Waals surface area contributed by atoms with Crippen LogP contribution in [0.15, 0.2) is 159 Å². The van der Waals surface area contributed by atoms with Gasteiger partial charge in [0.15, 0.2) is 5.78 Å². The molecule has 1 N–H and O–H groups in total. The second kappa shape index (κ2) is 21.5. The predicted octanol–water partition coefficient (Wildman–Crippen LogP) is 6.54. The number of pyridine rings is 5. The number of nitrogens with zero attached hydrogens (tertiary/aromatic N) is 5. The number of hydrogen-bond acceptors (Lipinski definition) is 7. The van der Waals surface area contributed by atoms with E-state index in [0.29, 0.717) is 11.4 Å². The minimum absolute atomic E-state index is 0. The topological polar surface area (TPSA) is 102 Å².